The Morgan fingerprint density at radius 3 is 2.44 bits per heavy atom. The Bertz CT molecular complexity index is 741. The zero-order valence-electron chi connectivity index (χ0n) is 15.0. The molecule has 2 rings (SSSR count). The van der Waals surface area contributed by atoms with E-state index >= 15 is 0 Å². The van der Waals surface area contributed by atoms with Gasteiger partial charge in [-0.15, -0.1) is 0 Å². The molecule has 0 N–H and O–H groups in total. The molecule has 0 fully saturated rings. The van der Waals surface area contributed by atoms with Crippen molar-refractivity contribution in [3.63, 3.8) is 0 Å². The van der Waals surface area contributed by atoms with Gasteiger partial charge in [0.2, 0.25) is 0 Å². The standard InChI is InChI=1S/C20H23NO4/c1-15(20(22)21(2)24-4)12-17-10-11-18(23-3)19(13-17)25-14-16-8-6-5-7-9-16/h5-13H,14H2,1-4H3. The Kier molecular flexibility index (Phi) is 6.60. The number of hydrogen-bond donors (Lipinski definition) is 0. The van der Waals surface area contributed by atoms with E-state index in [1.54, 1.807) is 27.2 Å². The molecular weight excluding hydrogens is 318 g/mol. The van der Waals surface area contributed by atoms with Gasteiger partial charge in [-0.2, -0.15) is 0 Å². The highest BCUT2D eigenvalue weighted by Gasteiger charge is 2.11. The Hall–Kier alpha value is -2.79. The lowest BCUT2D eigenvalue weighted by molar-refractivity contribution is -0.163. The van der Waals surface area contributed by atoms with Gasteiger partial charge >= 0.3 is 0 Å². The molecule has 0 spiro atoms. The smallest absolute Gasteiger partial charge is 0.272 e. The van der Waals surface area contributed by atoms with E-state index in [0.717, 1.165) is 11.1 Å². The largest absolute Gasteiger partial charge is 0.493 e. The number of nitrogens with zero attached hydrogens (tertiary/aromatic N) is 1. The summed E-state index contributed by atoms with van der Waals surface area (Å²) in [6, 6.07) is 15.4. The van der Waals surface area contributed by atoms with E-state index in [9.17, 15) is 4.79 Å². The minimum Gasteiger partial charge on any atom is -0.493 e. The zero-order chi connectivity index (χ0) is 18.2. The molecule has 0 aliphatic carbocycles. The Morgan fingerprint density at radius 1 is 1.08 bits per heavy atom. The number of benzene rings is 2. The second kappa shape index (κ2) is 8.89. The number of methoxy groups -OCH3 is 1. The van der Waals surface area contributed by atoms with Crippen molar-refractivity contribution in [3.05, 3.63) is 65.2 Å². The second-order valence-electron chi connectivity index (χ2n) is 5.50. The van der Waals surface area contributed by atoms with Gasteiger partial charge in [0.15, 0.2) is 11.5 Å². The van der Waals surface area contributed by atoms with E-state index in [0.29, 0.717) is 23.7 Å². The Balaban J connectivity index is 2.20. The van der Waals surface area contributed by atoms with Gasteiger partial charge in [-0.25, -0.2) is 5.06 Å². The maximum absolute atomic E-state index is 12.1. The van der Waals surface area contributed by atoms with Gasteiger partial charge in [0.25, 0.3) is 5.91 Å². The molecule has 0 aliphatic heterocycles. The molecule has 0 heterocycles. The molecule has 5 heteroatoms. The summed E-state index contributed by atoms with van der Waals surface area (Å²) in [6.45, 7) is 2.18. The number of ether oxygens (including phenoxy) is 2. The van der Waals surface area contributed by atoms with Gasteiger partial charge in [-0.3, -0.25) is 9.63 Å². The van der Waals surface area contributed by atoms with Crippen LogP contribution in [0.25, 0.3) is 6.08 Å². The third-order valence-electron chi connectivity index (χ3n) is 3.71. The summed E-state index contributed by atoms with van der Waals surface area (Å²) in [7, 11) is 4.62. The number of hydrogen-bond acceptors (Lipinski definition) is 4. The van der Waals surface area contributed by atoms with Crippen LogP contribution in [-0.2, 0) is 16.2 Å². The summed E-state index contributed by atoms with van der Waals surface area (Å²) in [4.78, 5) is 17.0. The molecule has 0 aromatic heterocycles. The van der Waals surface area contributed by atoms with Crippen LogP contribution in [0.5, 0.6) is 11.5 Å². The third-order valence-corrected chi connectivity index (χ3v) is 3.71. The molecule has 0 saturated carbocycles. The van der Waals surface area contributed by atoms with Crippen molar-refractivity contribution in [1.82, 2.24) is 5.06 Å². The van der Waals surface area contributed by atoms with E-state index in [-0.39, 0.29) is 5.91 Å². The van der Waals surface area contributed by atoms with Gasteiger partial charge in [0.05, 0.1) is 14.2 Å². The molecule has 2 aromatic rings. The molecule has 0 aliphatic rings. The first-order valence-electron chi connectivity index (χ1n) is 7.90. The van der Waals surface area contributed by atoms with E-state index in [2.05, 4.69) is 0 Å². The molecule has 25 heavy (non-hydrogen) atoms. The van der Waals surface area contributed by atoms with Crippen LogP contribution in [-0.4, -0.2) is 32.2 Å². The van der Waals surface area contributed by atoms with Gasteiger partial charge in [0.1, 0.15) is 6.61 Å². The van der Waals surface area contributed by atoms with Crippen LogP contribution in [0, 0.1) is 0 Å². The zero-order valence-corrected chi connectivity index (χ0v) is 15.0. The molecule has 0 bridgehead atoms. The van der Waals surface area contributed by atoms with Crippen molar-refractivity contribution < 1.29 is 19.1 Å². The summed E-state index contributed by atoms with van der Waals surface area (Å²) in [6.07, 6.45) is 1.78. The van der Waals surface area contributed by atoms with Crippen LogP contribution in [0.1, 0.15) is 18.1 Å². The first-order chi connectivity index (χ1) is 12.0. The van der Waals surface area contributed by atoms with Crippen molar-refractivity contribution in [2.24, 2.45) is 0 Å². The number of carbonyl (C=O) groups excluding carboxylic acids is 1. The third kappa shape index (κ3) is 5.09. The fourth-order valence-electron chi connectivity index (χ4n) is 2.27. The van der Waals surface area contributed by atoms with Crippen LogP contribution in [0.2, 0.25) is 0 Å². The van der Waals surface area contributed by atoms with Crippen LogP contribution < -0.4 is 9.47 Å². The predicted molar refractivity (Wildman–Crippen MR) is 97.2 cm³/mol. The predicted octanol–water partition coefficient (Wildman–Crippen LogP) is 3.70. The quantitative estimate of drug-likeness (QED) is 0.569. The SMILES string of the molecule is COc1ccc(C=C(C)C(=O)N(C)OC)cc1OCc1ccccc1. The van der Waals surface area contributed by atoms with E-state index < -0.39 is 0 Å². The summed E-state index contributed by atoms with van der Waals surface area (Å²) < 4.78 is 11.2. The molecule has 0 unspecified atom stereocenters. The Labute approximate surface area is 148 Å². The van der Waals surface area contributed by atoms with Gasteiger partial charge in [0, 0.05) is 12.6 Å². The summed E-state index contributed by atoms with van der Waals surface area (Å²) in [5, 5.41) is 1.18. The average Bonchev–Trinajstić information content (AvgIpc) is 2.66. The highest BCUT2D eigenvalue weighted by molar-refractivity contribution is 5.96. The lowest BCUT2D eigenvalue weighted by atomic mass is 10.1. The minimum atomic E-state index is -0.204. The normalized spacial score (nSPS) is 11.1. The lowest BCUT2D eigenvalue weighted by Gasteiger charge is -2.14. The monoisotopic (exact) mass is 341 g/mol. The van der Waals surface area contributed by atoms with Crippen molar-refractivity contribution in [2.45, 2.75) is 13.5 Å². The summed E-state index contributed by atoms with van der Waals surface area (Å²) in [5.74, 6) is 1.07. The highest BCUT2D eigenvalue weighted by Crippen LogP contribution is 2.29. The highest BCUT2D eigenvalue weighted by atomic mass is 16.7. The molecule has 1 amide bonds. The molecule has 5 nitrogen and oxygen atoms in total. The minimum absolute atomic E-state index is 0.204. The number of amides is 1. The van der Waals surface area contributed by atoms with Crippen molar-refractivity contribution in [2.75, 3.05) is 21.3 Å². The van der Waals surface area contributed by atoms with Crippen LogP contribution in [0.4, 0.5) is 0 Å². The average molecular weight is 341 g/mol. The van der Waals surface area contributed by atoms with Gasteiger partial charge < -0.3 is 9.47 Å². The number of carbonyl (C=O) groups is 1. The maximum Gasteiger partial charge on any atom is 0.272 e. The topological polar surface area (TPSA) is 48.0 Å². The van der Waals surface area contributed by atoms with Gasteiger partial charge in [-0.05, 0) is 36.3 Å². The number of hydroxylamine groups is 2. The molecule has 132 valence electrons. The molecule has 0 saturated heterocycles. The van der Waals surface area contributed by atoms with Crippen LogP contribution in [0.3, 0.4) is 0 Å². The maximum atomic E-state index is 12.1. The fraction of sp³-hybridized carbons (Fsp3) is 0.250. The summed E-state index contributed by atoms with van der Waals surface area (Å²) in [5.41, 5.74) is 2.47. The number of likely N-dealkylation sites (N-methyl/N-ethyl adjacent to an activating group) is 1. The molecule has 0 radical (unpaired) electrons. The molecule has 2 aromatic carbocycles. The fourth-order valence-corrected chi connectivity index (χ4v) is 2.27. The molecular formula is C20H23NO4. The van der Waals surface area contributed by atoms with Crippen molar-refractivity contribution in [1.29, 1.82) is 0 Å². The first kappa shape index (κ1) is 18.5. The van der Waals surface area contributed by atoms with E-state index in [1.165, 1.54) is 12.2 Å². The first-order valence-corrected chi connectivity index (χ1v) is 7.90. The van der Waals surface area contributed by atoms with E-state index in [1.807, 2.05) is 48.5 Å². The van der Waals surface area contributed by atoms with Crippen molar-refractivity contribution in [3.8, 4) is 11.5 Å². The number of rotatable bonds is 7. The second-order valence-corrected chi connectivity index (χ2v) is 5.50. The van der Waals surface area contributed by atoms with Crippen LogP contribution >= 0.6 is 0 Å². The van der Waals surface area contributed by atoms with E-state index in [4.69, 9.17) is 14.3 Å². The Morgan fingerprint density at radius 2 is 1.80 bits per heavy atom. The summed E-state index contributed by atoms with van der Waals surface area (Å²) >= 11 is 0. The van der Waals surface area contributed by atoms with Gasteiger partial charge in [-0.1, -0.05) is 36.4 Å². The lowest BCUT2D eigenvalue weighted by Crippen LogP contribution is -2.25. The van der Waals surface area contributed by atoms with Crippen molar-refractivity contribution >= 4 is 12.0 Å². The molecule has 0 atom stereocenters. The van der Waals surface area contributed by atoms with Crippen LogP contribution in [0.15, 0.2) is 54.1 Å².